The number of fused-ring (bicyclic) bond motifs is 1. The van der Waals surface area contributed by atoms with E-state index in [4.69, 9.17) is 0 Å². The number of aldehydes is 2. The number of carbonyl (C=O) groups is 2. The van der Waals surface area contributed by atoms with Crippen LogP contribution < -0.4 is 16.0 Å². The van der Waals surface area contributed by atoms with E-state index in [1.807, 2.05) is 11.9 Å². The first-order valence-corrected chi connectivity index (χ1v) is 9.22. The molecule has 2 atom stereocenters. The van der Waals surface area contributed by atoms with Crippen LogP contribution in [0.4, 0.5) is 5.82 Å². The zero-order valence-corrected chi connectivity index (χ0v) is 15.5. The molecule has 2 saturated heterocycles. The number of anilines is 1. The first-order valence-electron chi connectivity index (χ1n) is 9.22. The number of aromatic nitrogens is 4. The SMILES string of the molecule is Cc1c2c(=O)n(N3CCC[C@H]3C=O)nc(NN3CCC[C@H]3C=O)c2nn1C. The van der Waals surface area contributed by atoms with Gasteiger partial charge in [0.15, 0.2) is 5.82 Å². The first kappa shape index (κ1) is 17.7. The maximum absolute atomic E-state index is 13.1. The molecule has 0 spiro atoms. The number of hydrogen-bond donors (Lipinski definition) is 1. The Balaban J connectivity index is 1.86. The summed E-state index contributed by atoms with van der Waals surface area (Å²) >= 11 is 0. The Hall–Kier alpha value is -2.75. The minimum Gasteiger partial charge on any atom is -0.302 e. The second-order valence-electron chi connectivity index (χ2n) is 7.14. The van der Waals surface area contributed by atoms with Crippen molar-refractivity contribution in [2.24, 2.45) is 7.05 Å². The second kappa shape index (κ2) is 6.76. The third-order valence-electron chi connectivity index (χ3n) is 5.52. The largest absolute Gasteiger partial charge is 0.302 e. The lowest BCUT2D eigenvalue weighted by Crippen LogP contribution is -2.48. The van der Waals surface area contributed by atoms with Crippen LogP contribution in [0.1, 0.15) is 31.4 Å². The summed E-state index contributed by atoms with van der Waals surface area (Å²) < 4.78 is 1.64. The van der Waals surface area contributed by atoms with Gasteiger partial charge >= 0.3 is 0 Å². The molecule has 2 aliphatic rings. The molecule has 2 aromatic heterocycles. The number of rotatable bonds is 5. The van der Waals surface area contributed by atoms with Crippen LogP contribution in [-0.4, -0.2) is 62.4 Å². The summed E-state index contributed by atoms with van der Waals surface area (Å²) in [5.74, 6) is 0.415. The number of aryl methyl sites for hydroxylation is 2. The fourth-order valence-corrected chi connectivity index (χ4v) is 3.93. The minimum atomic E-state index is -0.369. The Kier molecular flexibility index (Phi) is 4.42. The molecule has 27 heavy (non-hydrogen) atoms. The van der Waals surface area contributed by atoms with E-state index in [1.54, 1.807) is 16.7 Å². The molecule has 0 aromatic carbocycles. The van der Waals surface area contributed by atoms with Crippen LogP contribution in [0.5, 0.6) is 0 Å². The van der Waals surface area contributed by atoms with Crippen LogP contribution in [0.25, 0.3) is 10.9 Å². The molecule has 0 saturated carbocycles. The van der Waals surface area contributed by atoms with Gasteiger partial charge in [0.1, 0.15) is 24.1 Å². The molecule has 1 N–H and O–H groups in total. The predicted molar refractivity (Wildman–Crippen MR) is 99.1 cm³/mol. The van der Waals surface area contributed by atoms with Crippen molar-refractivity contribution in [1.82, 2.24) is 24.7 Å². The van der Waals surface area contributed by atoms with Gasteiger partial charge in [-0.3, -0.25) is 19.9 Å². The van der Waals surface area contributed by atoms with Gasteiger partial charge in [-0.05, 0) is 32.6 Å². The first-order chi connectivity index (χ1) is 13.0. The lowest BCUT2D eigenvalue weighted by molar-refractivity contribution is -0.111. The normalized spacial score (nSPS) is 23.3. The summed E-state index contributed by atoms with van der Waals surface area (Å²) in [7, 11) is 1.77. The van der Waals surface area contributed by atoms with Gasteiger partial charge in [-0.25, -0.2) is 5.01 Å². The van der Waals surface area contributed by atoms with Crippen molar-refractivity contribution in [3.8, 4) is 0 Å². The van der Waals surface area contributed by atoms with E-state index in [1.165, 1.54) is 4.79 Å². The van der Waals surface area contributed by atoms with Crippen molar-refractivity contribution in [2.45, 2.75) is 44.7 Å². The van der Waals surface area contributed by atoms with Gasteiger partial charge in [0, 0.05) is 25.8 Å². The maximum atomic E-state index is 13.1. The molecular formula is C17H23N7O3. The molecule has 144 valence electrons. The van der Waals surface area contributed by atoms with E-state index < -0.39 is 0 Å². The molecule has 0 radical (unpaired) electrons. The van der Waals surface area contributed by atoms with Crippen LogP contribution in [0.15, 0.2) is 4.79 Å². The zero-order chi connectivity index (χ0) is 19.1. The maximum Gasteiger partial charge on any atom is 0.297 e. The van der Waals surface area contributed by atoms with Crippen molar-refractivity contribution in [1.29, 1.82) is 0 Å². The van der Waals surface area contributed by atoms with Gasteiger partial charge in [-0.2, -0.15) is 5.10 Å². The van der Waals surface area contributed by atoms with Gasteiger partial charge in [0.05, 0.1) is 11.4 Å². The van der Waals surface area contributed by atoms with E-state index in [0.717, 1.165) is 37.5 Å². The summed E-state index contributed by atoms with van der Waals surface area (Å²) in [4.78, 5) is 37.1. The Labute approximate surface area is 155 Å². The molecule has 10 heteroatoms. The third kappa shape index (κ3) is 2.80. The highest BCUT2D eigenvalue weighted by Gasteiger charge is 2.30. The van der Waals surface area contributed by atoms with Crippen LogP contribution in [0, 0.1) is 6.92 Å². The standard InChI is InChI=1S/C17H23N7O3/c1-11-14-15(18-21(11)2)16(19-22-7-3-5-12(22)9-25)20-24(17(14)27)23-8-4-6-13(23)10-26/h9-10,12-13H,3-8H2,1-2H3,(H,19,20)/t12-,13-/m0/s1. The molecular weight excluding hydrogens is 350 g/mol. The highest BCUT2D eigenvalue weighted by atomic mass is 16.2. The molecule has 4 rings (SSSR count). The number of hydrazine groups is 1. The Bertz CT molecular complexity index is 950. The zero-order valence-electron chi connectivity index (χ0n) is 15.5. The fraction of sp³-hybridized carbons (Fsp3) is 0.588. The molecule has 2 aliphatic heterocycles. The van der Waals surface area contributed by atoms with E-state index in [9.17, 15) is 14.4 Å². The lowest BCUT2D eigenvalue weighted by atomic mass is 10.2. The van der Waals surface area contributed by atoms with Gasteiger partial charge in [0.25, 0.3) is 5.56 Å². The Morgan fingerprint density at radius 3 is 2.52 bits per heavy atom. The van der Waals surface area contributed by atoms with Gasteiger partial charge in [-0.1, -0.05) is 0 Å². The smallest absolute Gasteiger partial charge is 0.297 e. The monoisotopic (exact) mass is 373 g/mol. The Morgan fingerprint density at radius 1 is 1.07 bits per heavy atom. The number of nitrogens with one attached hydrogen (secondary N) is 1. The van der Waals surface area contributed by atoms with Crippen molar-refractivity contribution in [3.63, 3.8) is 0 Å². The van der Waals surface area contributed by atoms with Crippen molar-refractivity contribution >= 4 is 29.3 Å². The number of nitrogens with zero attached hydrogens (tertiary/aromatic N) is 6. The Morgan fingerprint density at radius 2 is 1.78 bits per heavy atom. The lowest BCUT2D eigenvalue weighted by Gasteiger charge is -2.26. The summed E-state index contributed by atoms with van der Waals surface area (Å²) in [5, 5.41) is 12.9. The summed E-state index contributed by atoms with van der Waals surface area (Å²) in [6, 6.07) is -0.603. The predicted octanol–water partition coefficient (Wildman–Crippen LogP) is -0.272. The van der Waals surface area contributed by atoms with Crippen molar-refractivity contribution in [2.75, 3.05) is 23.5 Å². The molecule has 0 aliphatic carbocycles. The summed E-state index contributed by atoms with van der Waals surface area (Å²) in [6.45, 7) is 3.12. The van der Waals surface area contributed by atoms with Gasteiger partial charge < -0.3 is 9.59 Å². The van der Waals surface area contributed by atoms with Crippen LogP contribution in [0.2, 0.25) is 0 Å². The third-order valence-corrected chi connectivity index (χ3v) is 5.52. The molecule has 4 heterocycles. The quantitative estimate of drug-likeness (QED) is 0.714. The number of carbonyl (C=O) groups excluding carboxylic acids is 2. The fourth-order valence-electron chi connectivity index (χ4n) is 3.93. The van der Waals surface area contributed by atoms with E-state index in [-0.39, 0.29) is 17.6 Å². The topological polar surface area (TPSA) is 105 Å². The van der Waals surface area contributed by atoms with E-state index >= 15 is 0 Å². The molecule has 2 aromatic rings. The van der Waals surface area contributed by atoms with E-state index in [0.29, 0.717) is 36.2 Å². The molecule has 10 nitrogen and oxygen atoms in total. The van der Waals surface area contributed by atoms with Crippen molar-refractivity contribution in [3.05, 3.63) is 16.0 Å². The van der Waals surface area contributed by atoms with Gasteiger partial charge in [0.2, 0.25) is 0 Å². The second-order valence-corrected chi connectivity index (χ2v) is 7.14. The average Bonchev–Trinajstić information content (AvgIpc) is 3.37. The average molecular weight is 373 g/mol. The number of hydrogen-bond acceptors (Lipinski definition) is 8. The minimum absolute atomic E-state index is 0.235. The summed E-state index contributed by atoms with van der Waals surface area (Å²) in [6.07, 6.45) is 4.98. The molecule has 0 amide bonds. The van der Waals surface area contributed by atoms with Crippen LogP contribution >= 0.6 is 0 Å². The van der Waals surface area contributed by atoms with Crippen LogP contribution in [-0.2, 0) is 16.6 Å². The van der Waals surface area contributed by atoms with E-state index in [2.05, 4.69) is 15.6 Å². The highest BCUT2D eigenvalue weighted by Crippen LogP contribution is 2.24. The summed E-state index contributed by atoms with van der Waals surface area (Å²) in [5.41, 5.74) is 4.09. The molecule has 2 fully saturated rings. The molecule has 0 bridgehead atoms. The molecule has 0 unspecified atom stereocenters. The van der Waals surface area contributed by atoms with Crippen LogP contribution in [0.3, 0.4) is 0 Å². The van der Waals surface area contributed by atoms with Crippen molar-refractivity contribution < 1.29 is 9.59 Å². The highest BCUT2D eigenvalue weighted by molar-refractivity contribution is 5.89. The van der Waals surface area contributed by atoms with Gasteiger partial charge in [-0.15, -0.1) is 9.89 Å².